The summed E-state index contributed by atoms with van der Waals surface area (Å²) in [7, 11) is 3.14. The second kappa shape index (κ2) is 4.91. The lowest BCUT2D eigenvalue weighted by molar-refractivity contribution is -0.145. The van der Waals surface area contributed by atoms with Crippen LogP contribution in [0.2, 0.25) is 0 Å². The van der Waals surface area contributed by atoms with Crippen LogP contribution in [0.15, 0.2) is 18.2 Å². The largest absolute Gasteiger partial charge is 0.497 e. The van der Waals surface area contributed by atoms with Crippen LogP contribution in [0.3, 0.4) is 0 Å². The van der Waals surface area contributed by atoms with Crippen LogP contribution in [-0.4, -0.2) is 42.3 Å². The number of carboxylic acids is 1. The van der Waals surface area contributed by atoms with E-state index >= 15 is 0 Å². The van der Waals surface area contributed by atoms with E-state index in [9.17, 15) is 9.90 Å². The van der Waals surface area contributed by atoms with Crippen LogP contribution in [0.25, 0.3) is 0 Å². The molecule has 1 N–H and O–H groups in total. The minimum absolute atomic E-state index is 0.0179. The number of hydrogen-bond donors (Lipinski definition) is 1. The van der Waals surface area contributed by atoms with E-state index in [-0.39, 0.29) is 5.54 Å². The number of carboxylic acid groups (broad SMARTS) is 1. The van der Waals surface area contributed by atoms with E-state index in [2.05, 4.69) is 11.8 Å². The molecule has 0 amide bonds. The predicted octanol–water partition coefficient (Wildman–Crippen LogP) is 2.31. The SMILES string of the molecule is COc1cc(OC)cc(C(C(=O)O)N2CC3CC2(C)C3)c1. The van der Waals surface area contributed by atoms with Crippen LogP contribution in [0.1, 0.15) is 31.4 Å². The zero-order chi connectivity index (χ0) is 15.2. The van der Waals surface area contributed by atoms with Crippen molar-refractivity contribution in [1.29, 1.82) is 0 Å². The fraction of sp³-hybridized carbons (Fsp3) is 0.562. The molecule has 3 fully saturated rings. The first-order valence-electron chi connectivity index (χ1n) is 7.19. The van der Waals surface area contributed by atoms with Crippen LogP contribution < -0.4 is 9.47 Å². The smallest absolute Gasteiger partial charge is 0.325 e. The lowest BCUT2D eigenvalue weighted by Gasteiger charge is -2.41. The van der Waals surface area contributed by atoms with Crippen molar-refractivity contribution in [3.8, 4) is 11.5 Å². The number of hydrogen-bond acceptors (Lipinski definition) is 4. The van der Waals surface area contributed by atoms with Crippen molar-refractivity contribution >= 4 is 5.97 Å². The summed E-state index contributed by atoms with van der Waals surface area (Å²) in [6.07, 6.45) is 2.19. The van der Waals surface area contributed by atoms with E-state index < -0.39 is 12.0 Å². The molecule has 114 valence electrons. The quantitative estimate of drug-likeness (QED) is 0.902. The average Bonchev–Trinajstić information content (AvgIpc) is 2.90. The van der Waals surface area contributed by atoms with Gasteiger partial charge in [0.2, 0.25) is 0 Å². The van der Waals surface area contributed by atoms with Gasteiger partial charge >= 0.3 is 5.97 Å². The van der Waals surface area contributed by atoms with Crippen LogP contribution >= 0.6 is 0 Å². The van der Waals surface area contributed by atoms with Gasteiger partial charge in [-0.3, -0.25) is 9.69 Å². The van der Waals surface area contributed by atoms with Gasteiger partial charge in [-0.25, -0.2) is 0 Å². The fourth-order valence-corrected chi connectivity index (χ4v) is 3.91. The third-order valence-electron chi connectivity index (χ3n) is 4.84. The van der Waals surface area contributed by atoms with Gasteiger partial charge in [0, 0.05) is 18.2 Å². The molecule has 2 saturated heterocycles. The topological polar surface area (TPSA) is 59.0 Å². The highest BCUT2D eigenvalue weighted by molar-refractivity contribution is 5.76. The Hall–Kier alpha value is -1.75. The molecule has 0 spiro atoms. The van der Waals surface area contributed by atoms with Gasteiger partial charge in [0.15, 0.2) is 0 Å². The van der Waals surface area contributed by atoms with Crippen LogP contribution in [0.4, 0.5) is 0 Å². The molecule has 0 aromatic heterocycles. The van der Waals surface area contributed by atoms with Gasteiger partial charge in [0.25, 0.3) is 0 Å². The third kappa shape index (κ3) is 2.25. The number of benzene rings is 1. The third-order valence-corrected chi connectivity index (χ3v) is 4.84. The monoisotopic (exact) mass is 291 g/mol. The summed E-state index contributed by atoms with van der Waals surface area (Å²) in [6, 6.07) is 4.70. The summed E-state index contributed by atoms with van der Waals surface area (Å²) >= 11 is 0. The molecule has 4 rings (SSSR count). The summed E-state index contributed by atoms with van der Waals surface area (Å²) in [4.78, 5) is 14.0. The first-order chi connectivity index (χ1) is 9.96. The highest BCUT2D eigenvalue weighted by atomic mass is 16.5. The minimum Gasteiger partial charge on any atom is -0.497 e. The van der Waals surface area contributed by atoms with Gasteiger partial charge in [-0.15, -0.1) is 0 Å². The second-order valence-electron chi connectivity index (χ2n) is 6.31. The molecule has 5 heteroatoms. The predicted molar refractivity (Wildman–Crippen MR) is 77.8 cm³/mol. The molecule has 2 heterocycles. The van der Waals surface area contributed by atoms with Crippen LogP contribution in [-0.2, 0) is 4.79 Å². The van der Waals surface area contributed by atoms with Gasteiger partial charge in [0.1, 0.15) is 17.5 Å². The highest BCUT2D eigenvalue weighted by Crippen LogP contribution is 2.53. The minimum atomic E-state index is -0.820. The Morgan fingerprint density at radius 2 is 1.86 bits per heavy atom. The fourth-order valence-electron chi connectivity index (χ4n) is 3.91. The molecular weight excluding hydrogens is 270 g/mol. The van der Waals surface area contributed by atoms with E-state index in [1.807, 2.05) is 0 Å². The summed E-state index contributed by atoms with van der Waals surface area (Å²) in [5, 5.41) is 9.74. The summed E-state index contributed by atoms with van der Waals surface area (Å²) < 4.78 is 10.5. The number of carbonyl (C=O) groups is 1. The highest BCUT2D eigenvalue weighted by Gasteiger charge is 2.56. The maximum Gasteiger partial charge on any atom is 0.325 e. The average molecular weight is 291 g/mol. The molecule has 2 aliphatic heterocycles. The van der Waals surface area contributed by atoms with Crippen molar-refractivity contribution in [1.82, 2.24) is 4.90 Å². The Morgan fingerprint density at radius 3 is 2.24 bits per heavy atom. The van der Waals surface area contributed by atoms with Crippen LogP contribution in [0.5, 0.6) is 11.5 Å². The normalized spacial score (nSPS) is 28.8. The van der Waals surface area contributed by atoms with E-state index in [4.69, 9.17) is 9.47 Å². The van der Waals surface area contributed by atoms with Crippen molar-refractivity contribution in [3.63, 3.8) is 0 Å². The second-order valence-corrected chi connectivity index (χ2v) is 6.31. The Morgan fingerprint density at radius 1 is 1.29 bits per heavy atom. The van der Waals surface area contributed by atoms with E-state index in [0.29, 0.717) is 23.0 Å². The van der Waals surface area contributed by atoms with E-state index in [1.165, 1.54) is 0 Å². The number of nitrogens with zero attached hydrogens (tertiary/aromatic N) is 1. The van der Waals surface area contributed by atoms with Crippen LogP contribution in [0, 0.1) is 5.92 Å². The molecular formula is C16H21NO4. The number of rotatable bonds is 5. The first kappa shape index (κ1) is 14.2. The van der Waals surface area contributed by atoms with Gasteiger partial charge in [-0.1, -0.05) is 0 Å². The van der Waals surface area contributed by atoms with Gasteiger partial charge in [0.05, 0.1) is 14.2 Å². The molecule has 1 aliphatic carbocycles. The Kier molecular flexibility index (Phi) is 3.32. The summed E-state index contributed by atoms with van der Waals surface area (Å²) in [6.45, 7) is 3.01. The maximum absolute atomic E-state index is 11.9. The molecule has 21 heavy (non-hydrogen) atoms. The number of aliphatic carboxylic acids is 1. The lowest BCUT2D eigenvalue weighted by Crippen LogP contribution is -2.46. The van der Waals surface area contributed by atoms with E-state index in [0.717, 1.165) is 19.4 Å². The summed E-state index contributed by atoms with van der Waals surface area (Å²) in [5.41, 5.74) is 0.733. The van der Waals surface area contributed by atoms with Crippen molar-refractivity contribution in [2.24, 2.45) is 5.92 Å². The van der Waals surface area contributed by atoms with E-state index in [1.54, 1.807) is 32.4 Å². The number of methoxy groups -OCH3 is 2. The molecule has 1 aromatic carbocycles. The Labute approximate surface area is 124 Å². The molecule has 1 aromatic rings. The maximum atomic E-state index is 11.9. The lowest BCUT2D eigenvalue weighted by atomic mass is 9.74. The van der Waals surface area contributed by atoms with Crippen molar-refractivity contribution in [2.75, 3.05) is 20.8 Å². The van der Waals surface area contributed by atoms with Gasteiger partial charge in [-0.05, 0) is 43.4 Å². The number of ether oxygens (including phenoxy) is 2. The molecule has 3 aliphatic rings. The Bertz CT molecular complexity index is 543. The Balaban J connectivity index is 2.00. The van der Waals surface area contributed by atoms with Crippen molar-refractivity contribution in [3.05, 3.63) is 23.8 Å². The standard InChI is InChI=1S/C16H21NO4/c1-16-7-10(8-16)9-17(16)14(15(18)19)11-4-12(20-2)6-13(5-11)21-3/h4-6,10,14H,7-9H2,1-3H3,(H,18,19). The molecule has 1 unspecified atom stereocenters. The van der Waals surface area contributed by atoms with Gasteiger partial charge < -0.3 is 14.6 Å². The molecule has 1 saturated carbocycles. The van der Waals surface area contributed by atoms with Crippen molar-refractivity contribution < 1.29 is 19.4 Å². The summed E-state index contributed by atoms with van der Waals surface area (Å²) in [5.74, 6) is 1.06. The van der Waals surface area contributed by atoms with Crippen molar-refractivity contribution in [2.45, 2.75) is 31.3 Å². The molecule has 0 radical (unpaired) electrons. The van der Waals surface area contributed by atoms with Gasteiger partial charge in [-0.2, -0.15) is 0 Å². The molecule has 1 atom stereocenters. The number of fused-ring (bicyclic) bond motifs is 1. The first-order valence-corrected chi connectivity index (χ1v) is 7.19. The zero-order valence-corrected chi connectivity index (χ0v) is 12.6. The zero-order valence-electron chi connectivity index (χ0n) is 12.6. The molecule has 2 bridgehead atoms. The molecule has 5 nitrogen and oxygen atoms in total.